The van der Waals surface area contributed by atoms with Gasteiger partial charge in [-0.2, -0.15) is 0 Å². The van der Waals surface area contributed by atoms with Crippen LogP contribution >= 0.6 is 11.6 Å². The Bertz CT molecular complexity index is 899. The van der Waals surface area contributed by atoms with Crippen molar-refractivity contribution >= 4 is 28.5 Å². The van der Waals surface area contributed by atoms with E-state index in [9.17, 15) is 4.79 Å². The van der Waals surface area contributed by atoms with Gasteiger partial charge >= 0.3 is 0 Å². The molecule has 1 aliphatic heterocycles. The number of hydrogen-bond donors (Lipinski definition) is 0. The molecule has 3 heterocycles. The van der Waals surface area contributed by atoms with Crippen LogP contribution in [0, 0.1) is 6.92 Å². The van der Waals surface area contributed by atoms with E-state index in [4.69, 9.17) is 16.0 Å². The summed E-state index contributed by atoms with van der Waals surface area (Å²) in [7, 11) is 0. The van der Waals surface area contributed by atoms with Crippen molar-refractivity contribution in [3.8, 4) is 0 Å². The summed E-state index contributed by atoms with van der Waals surface area (Å²) in [6, 6.07) is 3.75. The van der Waals surface area contributed by atoms with Gasteiger partial charge in [0.2, 0.25) is 5.91 Å². The molecule has 0 saturated heterocycles. The van der Waals surface area contributed by atoms with Crippen LogP contribution in [0.1, 0.15) is 17.0 Å². The van der Waals surface area contributed by atoms with Gasteiger partial charge in [-0.1, -0.05) is 11.6 Å². The highest BCUT2D eigenvalue weighted by Crippen LogP contribution is 2.29. The summed E-state index contributed by atoms with van der Waals surface area (Å²) in [5, 5.41) is 9.53. The average Bonchev–Trinajstić information content (AvgIpc) is 3.17. The Morgan fingerprint density at radius 1 is 1.39 bits per heavy atom. The van der Waals surface area contributed by atoms with Crippen molar-refractivity contribution < 1.29 is 9.21 Å². The highest BCUT2D eigenvalue weighted by atomic mass is 35.5. The van der Waals surface area contributed by atoms with Crippen LogP contribution in [0.4, 0.5) is 0 Å². The third-order valence-electron chi connectivity index (χ3n) is 4.34. The molecule has 0 fully saturated rings. The van der Waals surface area contributed by atoms with Crippen LogP contribution in [0.2, 0.25) is 5.02 Å². The van der Waals surface area contributed by atoms with E-state index >= 15 is 0 Å². The van der Waals surface area contributed by atoms with Gasteiger partial charge in [0, 0.05) is 34.6 Å². The number of rotatable bonds is 2. The molecule has 7 heteroatoms. The molecule has 0 radical (unpaired) electrons. The van der Waals surface area contributed by atoms with Crippen LogP contribution in [0.15, 0.2) is 29.1 Å². The lowest BCUT2D eigenvalue weighted by atomic mass is 10.1. The van der Waals surface area contributed by atoms with E-state index in [2.05, 4.69) is 10.2 Å². The maximum Gasteiger partial charge on any atom is 0.227 e. The highest BCUT2D eigenvalue weighted by Gasteiger charge is 2.23. The molecular formula is C16H15ClN4O2. The molecule has 1 aliphatic rings. The second-order valence-corrected chi connectivity index (χ2v) is 6.15. The maximum absolute atomic E-state index is 12.6. The second kappa shape index (κ2) is 5.38. The smallest absolute Gasteiger partial charge is 0.227 e. The number of nitrogens with zero attached hydrogens (tertiary/aromatic N) is 4. The molecule has 4 rings (SSSR count). The predicted molar refractivity (Wildman–Crippen MR) is 85.1 cm³/mol. The van der Waals surface area contributed by atoms with Crippen molar-refractivity contribution in [2.24, 2.45) is 0 Å². The Labute approximate surface area is 137 Å². The third kappa shape index (κ3) is 2.39. The molecule has 0 saturated carbocycles. The number of carbonyl (C=O) groups is 1. The van der Waals surface area contributed by atoms with Gasteiger partial charge in [-0.05, 0) is 19.1 Å². The van der Waals surface area contributed by atoms with Gasteiger partial charge < -0.3 is 13.9 Å². The minimum absolute atomic E-state index is 0.0644. The molecule has 1 aromatic carbocycles. The van der Waals surface area contributed by atoms with Crippen molar-refractivity contribution in [2.75, 3.05) is 6.54 Å². The Morgan fingerprint density at radius 2 is 2.26 bits per heavy atom. The van der Waals surface area contributed by atoms with Crippen LogP contribution in [0.25, 0.3) is 11.0 Å². The van der Waals surface area contributed by atoms with Crippen LogP contribution in [-0.4, -0.2) is 32.1 Å². The number of furan rings is 1. The lowest BCUT2D eigenvalue weighted by Crippen LogP contribution is -2.39. The molecule has 0 bridgehead atoms. The molecule has 0 unspecified atom stereocenters. The number of benzene rings is 1. The van der Waals surface area contributed by atoms with Gasteiger partial charge in [-0.15, -0.1) is 10.2 Å². The lowest BCUT2D eigenvalue weighted by molar-refractivity contribution is -0.132. The van der Waals surface area contributed by atoms with Crippen molar-refractivity contribution in [3.05, 3.63) is 46.7 Å². The minimum Gasteiger partial charge on any atom is -0.464 e. The van der Waals surface area contributed by atoms with E-state index < -0.39 is 0 Å². The van der Waals surface area contributed by atoms with E-state index in [0.29, 0.717) is 24.5 Å². The van der Waals surface area contributed by atoms with Crippen molar-refractivity contribution in [1.82, 2.24) is 19.7 Å². The second-order valence-electron chi connectivity index (χ2n) is 5.74. The fourth-order valence-corrected chi connectivity index (χ4v) is 3.11. The van der Waals surface area contributed by atoms with Gasteiger partial charge in [0.1, 0.15) is 11.9 Å². The van der Waals surface area contributed by atoms with E-state index in [1.807, 2.05) is 28.5 Å². The quantitative estimate of drug-likeness (QED) is 0.724. The predicted octanol–water partition coefficient (Wildman–Crippen LogP) is 2.57. The third-order valence-corrected chi connectivity index (χ3v) is 4.75. The Morgan fingerprint density at radius 3 is 3.13 bits per heavy atom. The summed E-state index contributed by atoms with van der Waals surface area (Å²) in [6.07, 6.45) is 3.66. The van der Waals surface area contributed by atoms with Crippen LogP contribution in [0.3, 0.4) is 0 Å². The first-order valence-electron chi connectivity index (χ1n) is 7.43. The average molecular weight is 331 g/mol. The molecule has 0 atom stereocenters. The molecule has 0 N–H and O–H groups in total. The maximum atomic E-state index is 12.6. The standard InChI is InChI=1S/C16H15ClN4O2/c1-10-13(17)3-2-12-11(8-23-16(10)12)6-15(22)20-4-5-21-9-18-19-14(21)7-20/h2-3,8-9H,4-7H2,1H3. The summed E-state index contributed by atoms with van der Waals surface area (Å²) in [6.45, 7) is 3.82. The molecule has 0 aliphatic carbocycles. The summed E-state index contributed by atoms with van der Waals surface area (Å²) in [5.74, 6) is 0.888. The molecule has 3 aromatic rings. The number of fused-ring (bicyclic) bond motifs is 2. The minimum atomic E-state index is 0.0644. The number of carbonyl (C=O) groups excluding carboxylic acids is 1. The first kappa shape index (κ1) is 14.3. The molecule has 0 spiro atoms. The Hall–Kier alpha value is -2.34. The first-order valence-corrected chi connectivity index (χ1v) is 7.81. The molecule has 1 amide bonds. The van der Waals surface area contributed by atoms with Gasteiger partial charge in [0.15, 0.2) is 5.82 Å². The van der Waals surface area contributed by atoms with Gasteiger partial charge in [0.05, 0.1) is 19.2 Å². The van der Waals surface area contributed by atoms with Crippen LogP contribution in [-0.2, 0) is 24.3 Å². The number of hydrogen-bond acceptors (Lipinski definition) is 4. The zero-order chi connectivity index (χ0) is 16.0. The topological polar surface area (TPSA) is 64.2 Å². The number of amides is 1. The normalized spacial score (nSPS) is 14.3. The van der Waals surface area contributed by atoms with E-state index in [1.165, 1.54) is 0 Å². The fraction of sp³-hybridized carbons (Fsp3) is 0.312. The number of aromatic nitrogens is 3. The van der Waals surface area contributed by atoms with Crippen LogP contribution in [0.5, 0.6) is 0 Å². The van der Waals surface area contributed by atoms with Crippen LogP contribution < -0.4 is 0 Å². The van der Waals surface area contributed by atoms with E-state index in [1.54, 1.807) is 12.6 Å². The highest BCUT2D eigenvalue weighted by molar-refractivity contribution is 6.32. The van der Waals surface area contributed by atoms with Crippen molar-refractivity contribution in [1.29, 1.82) is 0 Å². The largest absolute Gasteiger partial charge is 0.464 e. The molecule has 23 heavy (non-hydrogen) atoms. The molecule has 2 aromatic heterocycles. The molecule has 118 valence electrons. The summed E-state index contributed by atoms with van der Waals surface area (Å²) in [4.78, 5) is 14.4. The van der Waals surface area contributed by atoms with Gasteiger partial charge in [0.25, 0.3) is 0 Å². The molecular weight excluding hydrogens is 316 g/mol. The summed E-state index contributed by atoms with van der Waals surface area (Å²) >= 11 is 6.11. The van der Waals surface area contributed by atoms with E-state index in [-0.39, 0.29) is 5.91 Å². The SMILES string of the molecule is Cc1c(Cl)ccc2c(CC(=O)N3CCn4cnnc4C3)coc12. The monoisotopic (exact) mass is 330 g/mol. The first-order chi connectivity index (χ1) is 11.1. The van der Waals surface area contributed by atoms with Crippen molar-refractivity contribution in [2.45, 2.75) is 26.4 Å². The number of halogens is 1. The van der Waals surface area contributed by atoms with E-state index in [0.717, 1.165) is 34.5 Å². The fourth-order valence-electron chi connectivity index (χ4n) is 2.96. The molecule has 6 nitrogen and oxygen atoms in total. The lowest BCUT2D eigenvalue weighted by Gasteiger charge is -2.27. The Kier molecular flexibility index (Phi) is 3.34. The summed E-state index contributed by atoms with van der Waals surface area (Å²) < 4.78 is 7.59. The zero-order valence-corrected chi connectivity index (χ0v) is 13.4. The number of aryl methyl sites for hydroxylation is 1. The Balaban J connectivity index is 1.57. The van der Waals surface area contributed by atoms with Gasteiger partial charge in [-0.3, -0.25) is 4.79 Å². The summed E-state index contributed by atoms with van der Waals surface area (Å²) in [5.41, 5.74) is 2.53. The zero-order valence-electron chi connectivity index (χ0n) is 12.6. The van der Waals surface area contributed by atoms with Crippen molar-refractivity contribution in [3.63, 3.8) is 0 Å². The van der Waals surface area contributed by atoms with Gasteiger partial charge in [-0.25, -0.2) is 0 Å².